The monoisotopic (exact) mass is 628 g/mol. The van der Waals surface area contributed by atoms with E-state index >= 15 is 0 Å². The van der Waals surface area contributed by atoms with E-state index in [1.54, 1.807) is 6.07 Å². The fourth-order valence-electron chi connectivity index (χ4n) is 4.24. The maximum absolute atomic E-state index is 13.4. The van der Waals surface area contributed by atoms with Crippen molar-refractivity contribution in [3.05, 3.63) is 52.0 Å². The van der Waals surface area contributed by atoms with Crippen LogP contribution in [0.15, 0.2) is 40.9 Å². The smallest absolute Gasteiger partial charge is 0.416 e. The summed E-state index contributed by atoms with van der Waals surface area (Å²) in [4.78, 5) is 24.2. The SMILES string of the molecule is CCCCCCCCCCCCNC(=O)c1cc(Br)c(OCCNC(=O)OC)c(-c2cccc(C(F)(F)F)c2)c1. The number of benzene rings is 2. The van der Waals surface area contributed by atoms with Gasteiger partial charge in [-0.15, -0.1) is 0 Å². The van der Waals surface area contributed by atoms with E-state index in [0.717, 1.165) is 31.4 Å². The molecule has 0 aliphatic heterocycles. The Morgan fingerprint density at radius 1 is 0.875 bits per heavy atom. The number of amides is 2. The van der Waals surface area contributed by atoms with Gasteiger partial charge in [0.2, 0.25) is 0 Å². The summed E-state index contributed by atoms with van der Waals surface area (Å²) in [6.45, 7) is 2.88. The molecule has 0 unspecified atom stereocenters. The third-order valence-corrected chi connectivity index (χ3v) is 7.01. The Hall–Kier alpha value is -2.75. The lowest BCUT2D eigenvalue weighted by atomic mass is 9.99. The fourth-order valence-corrected chi connectivity index (χ4v) is 4.82. The summed E-state index contributed by atoms with van der Waals surface area (Å²) in [7, 11) is 1.23. The van der Waals surface area contributed by atoms with E-state index in [0.29, 0.717) is 22.1 Å². The van der Waals surface area contributed by atoms with Crippen molar-refractivity contribution in [2.75, 3.05) is 26.8 Å². The molecule has 0 radical (unpaired) electrons. The van der Waals surface area contributed by atoms with Crippen LogP contribution in [0.2, 0.25) is 0 Å². The predicted molar refractivity (Wildman–Crippen MR) is 155 cm³/mol. The first-order chi connectivity index (χ1) is 19.2. The van der Waals surface area contributed by atoms with Crippen LogP contribution in [-0.4, -0.2) is 38.8 Å². The summed E-state index contributed by atoms with van der Waals surface area (Å²) in [5.41, 5.74) is 0.0556. The zero-order valence-corrected chi connectivity index (χ0v) is 24.9. The molecule has 2 amide bonds. The van der Waals surface area contributed by atoms with Gasteiger partial charge in [0.25, 0.3) is 5.91 Å². The Balaban J connectivity index is 2.05. The normalized spacial score (nSPS) is 11.2. The topological polar surface area (TPSA) is 76.7 Å². The van der Waals surface area contributed by atoms with Crippen LogP contribution in [0, 0.1) is 0 Å². The minimum absolute atomic E-state index is 0.0317. The summed E-state index contributed by atoms with van der Waals surface area (Å²) in [5.74, 6) is -0.0546. The number of hydrogen-bond acceptors (Lipinski definition) is 4. The van der Waals surface area contributed by atoms with Crippen molar-refractivity contribution in [1.29, 1.82) is 0 Å². The molecular weight excluding hydrogens is 589 g/mol. The molecule has 0 spiro atoms. The number of ether oxygens (including phenoxy) is 2. The van der Waals surface area contributed by atoms with E-state index in [2.05, 4.69) is 38.2 Å². The zero-order chi connectivity index (χ0) is 29.4. The van der Waals surface area contributed by atoms with Crippen LogP contribution >= 0.6 is 15.9 Å². The highest BCUT2D eigenvalue weighted by Gasteiger charge is 2.31. The van der Waals surface area contributed by atoms with Crippen molar-refractivity contribution in [2.24, 2.45) is 0 Å². The zero-order valence-electron chi connectivity index (χ0n) is 23.3. The third kappa shape index (κ3) is 11.8. The second-order valence-corrected chi connectivity index (χ2v) is 10.5. The molecule has 2 N–H and O–H groups in total. The molecule has 0 fully saturated rings. The van der Waals surface area contributed by atoms with Gasteiger partial charge in [0.15, 0.2) is 0 Å². The van der Waals surface area contributed by atoms with Gasteiger partial charge in [-0.2, -0.15) is 13.2 Å². The summed E-state index contributed by atoms with van der Waals surface area (Å²) < 4.78 is 51.0. The minimum atomic E-state index is -4.53. The lowest BCUT2D eigenvalue weighted by Gasteiger charge is -2.17. The number of nitrogens with one attached hydrogen (secondary N) is 2. The van der Waals surface area contributed by atoms with Crippen LogP contribution in [0.4, 0.5) is 18.0 Å². The summed E-state index contributed by atoms with van der Waals surface area (Å²) in [6.07, 6.45) is 6.76. The quantitative estimate of drug-likeness (QED) is 0.172. The van der Waals surface area contributed by atoms with Crippen molar-refractivity contribution >= 4 is 27.9 Å². The molecule has 0 aliphatic rings. The molecule has 0 atom stereocenters. The van der Waals surface area contributed by atoms with E-state index in [9.17, 15) is 22.8 Å². The molecule has 0 aromatic heterocycles. The lowest BCUT2D eigenvalue weighted by molar-refractivity contribution is -0.137. The Kier molecular flexibility index (Phi) is 14.9. The average Bonchev–Trinajstić information content (AvgIpc) is 2.93. The summed E-state index contributed by atoms with van der Waals surface area (Å²) >= 11 is 3.41. The Morgan fingerprint density at radius 2 is 1.52 bits per heavy atom. The molecule has 2 aromatic carbocycles. The Morgan fingerprint density at radius 3 is 2.15 bits per heavy atom. The molecule has 2 rings (SSSR count). The van der Waals surface area contributed by atoms with Gasteiger partial charge < -0.3 is 20.1 Å². The van der Waals surface area contributed by atoms with Gasteiger partial charge in [0, 0.05) is 17.7 Å². The van der Waals surface area contributed by atoms with Crippen molar-refractivity contribution in [1.82, 2.24) is 10.6 Å². The van der Waals surface area contributed by atoms with E-state index in [1.165, 1.54) is 70.3 Å². The first-order valence-corrected chi connectivity index (χ1v) is 14.7. The molecular formula is C30H40BrF3N2O4. The maximum Gasteiger partial charge on any atom is 0.416 e. The van der Waals surface area contributed by atoms with Gasteiger partial charge in [-0.05, 0) is 52.2 Å². The molecule has 0 bridgehead atoms. The molecule has 10 heteroatoms. The van der Waals surface area contributed by atoms with E-state index < -0.39 is 17.8 Å². The second-order valence-electron chi connectivity index (χ2n) is 9.62. The van der Waals surface area contributed by atoms with E-state index in [1.807, 2.05) is 0 Å². The predicted octanol–water partition coefficient (Wildman–Crippen LogP) is 8.52. The standard InChI is InChI=1S/C30H40BrF3N2O4/c1-3-4-5-6-7-8-9-10-11-12-16-35-28(37)23-20-25(22-14-13-15-24(19-22)30(32,33)34)27(26(31)21-23)40-18-17-36-29(38)39-2/h13-15,19-21H,3-12,16-18H2,1-2H3,(H,35,37)(H,36,38). The van der Waals surface area contributed by atoms with Crippen molar-refractivity contribution < 1.29 is 32.2 Å². The molecule has 222 valence electrons. The van der Waals surface area contributed by atoms with Crippen LogP contribution in [0.3, 0.4) is 0 Å². The highest BCUT2D eigenvalue weighted by Crippen LogP contribution is 2.40. The Labute approximate surface area is 243 Å². The lowest BCUT2D eigenvalue weighted by Crippen LogP contribution is -2.28. The molecule has 0 saturated carbocycles. The largest absolute Gasteiger partial charge is 0.490 e. The molecule has 2 aromatic rings. The van der Waals surface area contributed by atoms with Gasteiger partial charge in [0.1, 0.15) is 12.4 Å². The van der Waals surface area contributed by atoms with Gasteiger partial charge in [-0.1, -0.05) is 76.8 Å². The first kappa shape index (κ1) is 33.5. The molecule has 0 aliphatic carbocycles. The summed E-state index contributed by atoms with van der Waals surface area (Å²) in [5, 5.41) is 5.39. The second kappa shape index (κ2) is 17.8. The van der Waals surface area contributed by atoms with Crippen LogP contribution in [0.25, 0.3) is 11.1 Å². The maximum atomic E-state index is 13.4. The molecule has 0 saturated heterocycles. The average molecular weight is 630 g/mol. The van der Waals surface area contributed by atoms with Gasteiger partial charge >= 0.3 is 12.3 Å². The van der Waals surface area contributed by atoms with Gasteiger partial charge in [0.05, 0.1) is 23.7 Å². The van der Waals surface area contributed by atoms with Crippen LogP contribution < -0.4 is 15.4 Å². The van der Waals surface area contributed by atoms with Crippen molar-refractivity contribution in [3.63, 3.8) is 0 Å². The number of alkyl halides is 3. The summed E-state index contributed by atoms with van der Waals surface area (Å²) in [6, 6.07) is 7.95. The van der Waals surface area contributed by atoms with Gasteiger partial charge in [-0.3, -0.25) is 4.79 Å². The van der Waals surface area contributed by atoms with E-state index in [4.69, 9.17) is 4.74 Å². The number of carbonyl (C=O) groups excluding carboxylic acids is 2. The number of unbranched alkanes of at least 4 members (excludes halogenated alkanes) is 9. The third-order valence-electron chi connectivity index (χ3n) is 6.43. The number of methoxy groups -OCH3 is 1. The minimum Gasteiger partial charge on any atom is -0.490 e. The molecule has 6 nitrogen and oxygen atoms in total. The Bertz CT molecular complexity index is 1080. The number of rotatable bonds is 17. The number of alkyl carbamates (subject to hydrolysis) is 1. The number of carbonyl (C=O) groups is 2. The fraction of sp³-hybridized carbons (Fsp3) is 0.533. The highest BCUT2D eigenvalue weighted by molar-refractivity contribution is 9.10. The highest BCUT2D eigenvalue weighted by atomic mass is 79.9. The van der Waals surface area contributed by atoms with Gasteiger partial charge in [-0.25, -0.2) is 4.79 Å². The van der Waals surface area contributed by atoms with Crippen LogP contribution in [0.5, 0.6) is 5.75 Å². The van der Waals surface area contributed by atoms with Crippen LogP contribution in [0.1, 0.15) is 87.1 Å². The van der Waals surface area contributed by atoms with Crippen LogP contribution in [-0.2, 0) is 10.9 Å². The molecule has 0 heterocycles. The van der Waals surface area contributed by atoms with Crippen molar-refractivity contribution in [2.45, 2.75) is 77.3 Å². The number of hydrogen-bond donors (Lipinski definition) is 2. The molecule has 40 heavy (non-hydrogen) atoms. The van der Waals surface area contributed by atoms with Crippen molar-refractivity contribution in [3.8, 4) is 16.9 Å². The first-order valence-electron chi connectivity index (χ1n) is 13.9. The van der Waals surface area contributed by atoms with E-state index in [-0.39, 0.29) is 30.4 Å². The number of halogens is 4.